The van der Waals surface area contributed by atoms with Gasteiger partial charge in [0.1, 0.15) is 5.75 Å². The van der Waals surface area contributed by atoms with Crippen molar-refractivity contribution < 1.29 is 4.74 Å². The third kappa shape index (κ3) is 3.60. The minimum Gasteiger partial charge on any atom is -0.497 e. The minimum absolute atomic E-state index is 0.870. The summed E-state index contributed by atoms with van der Waals surface area (Å²) in [5.41, 5.74) is 2.14. The number of methoxy groups -OCH3 is 1. The van der Waals surface area contributed by atoms with Gasteiger partial charge in [-0.3, -0.25) is 4.98 Å². The molecule has 2 rings (SSSR count). The Kier molecular flexibility index (Phi) is 5.01. The third-order valence-electron chi connectivity index (χ3n) is 3.29. The van der Waals surface area contributed by atoms with Crippen LogP contribution in [0.5, 0.6) is 5.75 Å². The highest BCUT2D eigenvalue weighted by Crippen LogP contribution is 2.25. The lowest BCUT2D eigenvalue weighted by atomic mass is 10.1. The molecule has 0 unspecified atom stereocenters. The number of ether oxygens (including phenoxy) is 1. The summed E-state index contributed by atoms with van der Waals surface area (Å²) in [4.78, 5) is 4.38. The quantitative estimate of drug-likeness (QED) is 0.754. The number of fused-ring (bicyclic) bond motifs is 1. The van der Waals surface area contributed by atoms with Crippen LogP contribution in [-0.4, -0.2) is 18.6 Å². The van der Waals surface area contributed by atoms with E-state index in [9.17, 15) is 0 Å². The van der Waals surface area contributed by atoms with Gasteiger partial charge in [-0.05, 0) is 30.7 Å². The minimum atomic E-state index is 0.870. The van der Waals surface area contributed by atoms with Crippen LogP contribution in [0.15, 0.2) is 30.5 Å². The average Bonchev–Trinajstić information content (AvgIpc) is 2.46. The number of benzene rings is 1. The SMILES string of the molecule is CCCCCCNc1ccnc2ccc(OC)cc12. The lowest BCUT2D eigenvalue weighted by molar-refractivity contribution is 0.415. The molecule has 3 heteroatoms. The highest BCUT2D eigenvalue weighted by molar-refractivity contribution is 5.92. The van der Waals surface area contributed by atoms with Crippen molar-refractivity contribution in [3.05, 3.63) is 30.5 Å². The van der Waals surface area contributed by atoms with Gasteiger partial charge < -0.3 is 10.1 Å². The molecule has 19 heavy (non-hydrogen) atoms. The maximum absolute atomic E-state index is 5.28. The van der Waals surface area contributed by atoms with Crippen LogP contribution in [0.4, 0.5) is 5.69 Å². The molecule has 3 nitrogen and oxygen atoms in total. The molecule has 1 heterocycles. The zero-order chi connectivity index (χ0) is 13.5. The maximum atomic E-state index is 5.28. The normalized spacial score (nSPS) is 10.6. The topological polar surface area (TPSA) is 34.2 Å². The average molecular weight is 258 g/mol. The molecule has 0 aliphatic carbocycles. The number of hydrogen-bond acceptors (Lipinski definition) is 3. The van der Waals surface area contributed by atoms with E-state index in [0.29, 0.717) is 0 Å². The highest BCUT2D eigenvalue weighted by Gasteiger charge is 2.03. The molecule has 0 aliphatic rings. The maximum Gasteiger partial charge on any atom is 0.119 e. The number of anilines is 1. The van der Waals surface area contributed by atoms with Gasteiger partial charge in [0.25, 0.3) is 0 Å². The lowest BCUT2D eigenvalue weighted by Gasteiger charge is -2.10. The van der Waals surface area contributed by atoms with Crippen LogP contribution >= 0.6 is 0 Å². The number of nitrogens with one attached hydrogen (secondary N) is 1. The third-order valence-corrected chi connectivity index (χ3v) is 3.29. The van der Waals surface area contributed by atoms with Gasteiger partial charge in [-0.2, -0.15) is 0 Å². The van der Waals surface area contributed by atoms with Gasteiger partial charge in [0.05, 0.1) is 12.6 Å². The molecule has 1 aromatic carbocycles. The predicted molar refractivity (Wildman–Crippen MR) is 80.9 cm³/mol. The second-order valence-corrected chi connectivity index (χ2v) is 4.73. The van der Waals surface area contributed by atoms with E-state index in [1.165, 1.54) is 25.7 Å². The van der Waals surface area contributed by atoms with E-state index in [1.807, 2.05) is 30.5 Å². The Bertz CT molecular complexity index is 525. The van der Waals surface area contributed by atoms with Crippen LogP contribution in [-0.2, 0) is 0 Å². The summed E-state index contributed by atoms with van der Waals surface area (Å²) >= 11 is 0. The van der Waals surface area contributed by atoms with E-state index < -0.39 is 0 Å². The van der Waals surface area contributed by atoms with E-state index in [2.05, 4.69) is 17.2 Å². The van der Waals surface area contributed by atoms with Gasteiger partial charge in [-0.15, -0.1) is 0 Å². The fourth-order valence-electron chi connectivity index (χ4n) is 2.18. The standard InChI is InChI=1S/C16H22N2O/c1-3-4-5-6-10-17-16-9-11-18-15-8-7-13(19-2)12-14(15)16/h7-9,11-12H,3-6,10H2,1-2H3,(H,17,18). The van der Waals surface area contributed by atoms with Crippen molar-refractivity contribution in [3.8, 4) is 5.75 Å². The highest BCUT2D eigenvalue weighted by atomic mass is 16.5. The Hall–Kier alpha value is -1.77. The first kappa shape index (κ1) is 13.7. The van der Waals surface area contributed by atoms with Crippen molar-refractivity contribution in [2.24, 2.45) is 0 Å². The summed E-state index contributed by atoms with van der Waals surface area (Å²) in [5.74, 6) is 0.870. The van der Waals surface area contributed by atoms with Gasteiger partial charge in [-0.1, -0.05) is 26.2 Å². The summed E-state index contributed by atoms with van der Waals surface area (Å²) in [6.07, 6.45) is 6.93. The molecule has 0 bridgehead atoms. The number of pyridine rings is 1. The number of nitrogens with zero attached hydrogens (tertiary/aromatic N) is 1. The first-order chi connectivity index (χ1) is 9.35. The summed E-state index contributed by atoms with van der Waals surface area (Å²) in [6, 6.07) is 8.01. The van der Waals surface area contributed by atoms with Crippen LogP contribution < -0.4 is 10.1 Å². The van der Waals surface area contributed by atoms with Crippen molar-refractivity contribution >= 4 is 16.6 Å². The molecular weight excluding hydrogens is 236 g/mol. The van der Waals surface area contributed by atoms with Gasteiger partial charge in [0, 0.05) is 23.8 Å². The molecule has 2 aromatic rings. The summed E-state index contributed by atoms with van der Waals surface area (Å²) in [5, 5.41) is 4.62. The molecule has 0 saturated carbocycles. The number of unbranched alkanes of at least 4 members (excludes halogenated alkanes) is 3. The lowest BCUT2D eigenvalue weighted by Crippen LogP contribution is -2.02. The molecule has 1 aromatic heterocycles. The van der Waals surface area contributed by atoms with Gasteiger partial charge in [0.15, 0.2) is 0 Å². The first-order valence-corrected chi connectivity index (χ1v) is 7.01. The van der Waals surface area contributed by atoms with E-state index in [1.54, 1.807) is 7.11 Å². The van der Waals surface area contributed by atoms with Crippen LogP contribution in [0.1, 0.15) is 32.6 Å². The van der Waals surface area contributed by atoms with Crippen LogP contribution in [0.25, 0.3) is 10.9 Å². The molecule has 0 amide bonds. The Morgan fingerprint density at radius 2 is 2.05 bits per heavy atom. The van der Waals surface area contributed by atoms with Gasteiger partial charge in [0.2, 0.25) is 0 Å². The summed E-state index contributed by atoms with van der Waals surface area (Å²) in [6.45, 7) is 3.24. The monoisotopic (exact) mass is 258 g/mol. The summed E-state index contributed by atoms with van der Waals surface area (Å²) in [7, 11) is 1.69. The molecule has 1 N–H and O–H groups in total. The number of aromatic nitrogens is 1. The van der Waals surface area contributed by atoms with Crippen LogP contribution in [0.3, 0.4) is 0 Å². The molecule has 0 spiro atoms. The Morgan fingerprint density at radius 1 is 1.16 bits per heavy atom. The smallest absolute Gasteiger partial charge is 0.119 e. The van der Waals surface area contributed by atoms with Crippen LogP contribution in [0.2, 0.25) is 0 Å². The van der Waals surface area contributed by atoms with E-state index in [-0.39, 0.29) is 0 Å². The molecule has 0 saturated heterocycles. The second kappa shape index (κ2) is 6.98. The van der Waals surface area contributed by atoms with Crippen molar-refractivity contribution in [1.82, 2.24) is 4.98 Å². The van der Waals surface area contributed by atoms with Crippen molar-refractivity contribution in [3.63, 3.8) is 0 Å². The summed E-state index contributed by atoms with van der Waals surface area (Å²) < 4.78 is 5.28. The largest absolute Gasteiger partial charge is 0.497 e. The van der Waals surface area contributed by atoms with Gasteiger partial charge in [-0.25, -0.2) is 0 Å². The molecule has 0 radical (unpaired) electrons. The first-order valence-electron chi connectivity index (χ1n) is 7.01. The molecular formula is C16H22N2O. The molecule has 0 atom stereocenters. The van der Waals surface area contributed by atoms with E-state index >= 15 is 0 Å². The molecule has 102 valence electrons. The van der Waals surface area contributed by atoms with Crippen molar-refractivity contribution in [2.75, 3.05) is 19.0 Å². The molecule has 0 fully saturated rings. The predicted octanol–water partition coefficient (Wildman–Crippen LogP) is 4.24. The fraction of sp³-hybridized carbons (Fsp3) is 0.438. The fourth-order valence-corrected chi connectivity index (χ4v) is 2.18. The number of hydrogen-bond donors (Lipinski definition) is 1. The van der Waals surface area contributed by atoms with Crippen molar-refractivity contribution in [1.29, 1.82) is 0 Å². The zero-order valence-electron chi connectivity index (χ0n) is 11.8. The Labute approximate surface area is 115 Å². The second-order valence-electron chi connectivity index (χ2n) is 4.73. The zero-order valence-corrected chi connectivity index (χ0v) is 11.8. The number of rotatable bonds is 7. The van der Waals surface area contributed by atoms with Crippen LogP contribution in [0, 0.1) is 0 Å². The Balaban J connectivity index is 2.08. The van der Waals surface area contributed by atoms with Gasteiger partial charge >= 0.3 is 0 Å². The Morgan fingerprint density at radius 3 is 2.84 bits per heavy atom. The van der Waals surface area contributed by atoms with Crippen molar-refractivity contribution in [2.45, 2.75) is 32.6 Å². The molecule has 0 aliphatic heterocycles. The van der Waals surface area contributed by atoms with E-state index in [4.69, 9.17) is 4.74 Å². The van der Waals surface area contributed by atoms with E-state index in [0.717, 1.165) is 28.9 Å².